The van der Waals surface area contributed by atoms with Gasteiger partial charge in [0, 0.05) is 6.61 Å². The van der Waals surface area contributed by atoms with Gasteiger partial charge in [-0.3, -0.25) is 4.79 Å². The van der Waals surface area contributed by atoms with Crippen LogP contribution in [0.15, 0.2) is 24.5 Å². The Balaban J connectivity index is 2.10. The van der Waals surface area contributed by atoms with Crippen LogP contribution in [0.5, 0.6) is 0 Å². The lowest BCUT2D eigenvalue weighted by Crippen LogP contribution is -2.54. The third-order valence-electron chi connectivity index (χ3n) is 3.94. The van der Waals surface area contributed by atoms with E-state index in [1.165, 1.54) is 26.6 Å². The molecule has 0 saturated carbocycles. The number of hydrogen-bond donors (Lipinski definition) is 0. The molecular formula is C16H22O7. The SMILES string of the molecule is C=C1[C@@H](CC(=O)OC)O[C@H]2CCCO[C@@H]2[C@H]1O/C=C/C(=O)OC. The van der Waals surface area contributed by atoms with Crippen LogP contribution in [0.2, 0.25) is 0 Å². The summed E-state index contributed by atoms with van der Waals surface area (Å²) in [6.07, 6.45) is 2.71. The predicted octanol–water partition coefficient (Wildman–Crippen LogP) is 1.12. The summed E-state index contributed by atoms with van der Waals surface area (Å²) >= 11 is 0. The number of rotatable bonds is 5. The summed E-state index contributed by atoms with van der Waals surface area (Å²) in [5.74, 6) is -0.898. The van der Waals surface area contributed by atoms with Crippen molar-refractivity contribution in [2.45, 2.75) is 43.7 Å². The molecule has 2 fully saturated rings. The lowest BCUT2D eigenvalue weighted by Gasteiger charge is -2.44. The molecule has 0 spiro atoms. The molecule has 0 aromatic rings. The van der Waals surface area contributed by atoms with E-state index in [-0.39, 0.29) is 24.6 Å². The highest BCUT2D eigenvalue weighted by atomic mass is 16.6. The Kier molecular flexibility index (Phi) is 6.18. The number of methoxy groups -OCH3 is 2. The Morgan fingerprint density at radius 1 is 1.35 bits per heavy atom. The minimum absolute atomic E-state index is 0.0686. The molecule has 0 bridgehead atoms. The van der Waals surface area contributed by atoms with Gasteiger partial charge in [-0.05, 0) is 18.4 Å². The van der Waals surface area contributed by atoms with Crippen molar-refractivity contribution >= 4 is 11.9 Å². The first-order chi connectivity index (χ1) is 11.1. The van der Waals surface area contributed by atoms with Crippen LogP contribution in [0.1, 0.15) is 19.3 Å². The summed E-state index contributed by atoms with van der Waals surface area (Å²) in [5, 5.41) is 0. The van der Waals surface area contributed by atoms with Gasteiger partial charge in [-0.2, -0.15) is 0 Å². The molecule has 0 aromatic carbocycles. The fourth-order valence-corrected chi connectivity index (χ4v) is 2.72. The van der Waals surface area contributed by atoms with E-state index in [9.17, 15) is 9.59 Å². The first-order valence-electron chi connectivity index (χ1n) is 7.49. The maximum atomic E-state index is 11.5. The molecule has 0 unspecified atom stereocenters. The fraction of sp³-hybridized carbons (Fsp3) is 0.625. The van der Waals surface area contributed by atoms with Crippen LogP contribution in [0.25, 0.3) is 0 Å². The normalized spacial score (nSPS) is 30.6. The molecule has 2 saturated heterocycles. The van der Waals surface area contributed by atoms with Crippen LogP contribution < -0.4 is 0 Å². The van der Waals surface area contributed by atoms with Crippen LogP contribution in [-0.2, 0) is 33.3 Å². The topological polar surface area (TPSA) is 80.3 Å². The molecule has 2 rings (SSSR count). The van der Waals surface area contributed by atoms with Gasteiger partial charge in [-0.15, -0.1) is 0 Å². The third-order valence-corrected chi connectivity index (χ3v) is 3.94. The van der Waals surface area contributed by atoms with Gasteiger partial charge < -0.3 is 23.7 Å². The predicted molar refractivity (Wildman–Crippen MR) is 79.4 cm³/mol. The Labute approximate surface area is 135 Å². The zero-order chi connectivity index (χ0) is 16.8. The zero-order valence-corrected chi connectivity index (χ0v) is 13.4. The van der Waals surface area contributed by atoms with Crippen LogP contribution >= 0.6 is 0 Å². The summed E-state index contributed by atoms with van der Waals surface area (Å²) in [7, 11) is 2.61. The Bertz CT molecular complexity index is 485. The molecule has 0 amide bonds. The van der Waals surface area contributed by atoms with Gasteiger partial charge >= 0.3 is 11.9 Å². The molecule has 7 heteroatoms. The van der Waals surface area contributed by atoms with E-state index in [1.54, 1.807) is 0 Å². The molecule has 0 N–H and O–H groups in total. The molecule has 0 aromatic heterocycles. The van der Waals surface area contributed by atoms with Crippen molar-refractivity contribution in [1.82, 2.24) is 0 Å². The average molecular weight is 326 g/mol. The largest absolute Gasteiger partial charge is 0.490 e. The maximum Gasteiger partial charge on any atom is 0.333 e. The number of fused-ring (bicyclic) bond motifs is 1. The standard InChI is InChI=1S/C16H22O7/c1-10-12(9-14(18)20-3)23-11-5-4-7-21-16(11)15(10)22-8-6-13(17)19-2/h6,8,11-12,15-16H,1,4-5,7,9H2,2-3H3/b8-6+/t11-,12+,15-,16-/m0/s1. The number of carbonyl (C=O) groups excluding carboxylic acids is 2. The van der Waals surface area contributed by atoms with Crippen LogP contribution in [0, 0.1) is 0 Å². The van der Waals surface area contributed by atoms with Crippen molar-refractivity contribution in [1.29, 1.82) is 0 Å². The van der Waals surface area contributed by atoms with E-state index in [0.717, 1.165) is 12.8 Å². The van der Waals surface area contributed by atoms with Gasteiger partial charge in [-0.25, -0.2) is 4.79 Å². The minimum Gasteiger partial charge on any atom is -0.490 e. The molecule has 7 nitrogen and oxygen atoms in total. The number of ether oxygens (including phenoxy) is 5. The molecule has 0 radical (unpaired) electrons. The van der Waals surface area contributed by atoms with Crippen molar-refractivity contribution in [2.24, 2.45) is 0 Å². The third kappa shape index (κ3) is 4.33. The first-order valence-corrected chi connectivity index (χ1v) is 7.49. The molecule has 2 aliphatic rings. The van der Waals surface area contributed by atoms with E-state index in [2.05, 4.69) is 11.3 Å². The first kappa shape index (κ1) is 17.5. The van der Waals surface area contributed by atoms with Crippen molar-refractivity contribution < 1.29 is 33.3 Å². The Morgan fingerprint density at radius 3 is 2.83 bits per heavy atom. The Hall–Kier alpha value is -1.86. The van der Waals surface area contributed by atoms with Gasteiger partial charge in [0.2, 0.25) is 0 Å². The van der Waals surface area contributed by atoms with Crippen molar-refractivity contribution in [3.05, 3.63) is 24.5 Å². The number of hydrogen-bond acceptors (Lipinski definition) is 7. The molecule has 23 heavy (non-hydrogen) atoms. The highest BCUT2D eigenvalue weighted by Crippen LogP contribution is 2.34. The second kappa shape index (κ2) is 8.12. The molecular weight excluding hydrogens is 304 g/mol. The Morgan fingerprint density at radius 2 is 2.13 bits per heavy atom. The van der Waals surface area contributed by atoms with Gasteiger partial charge in [0.05, 0.1) is 45.2 Å². The molecule has 4 atom stereocenters. The van der Waals surface area contributed by atoms with Gasteiger partial charge in [0.25, 0.3) is 0 Å². The van der Waals surface area contributed by atoms with Crippen molar-refractivity contribution in [3.63, 3.8) is 0 Å². The van der Waals surface area contributed by atoms with Crippen molar-refractivity contribution in [2.75, 3.05) is 20.8 Å². The highest BCUT2D eigenvalue weighted by Gasteiger charge is 2.45. The second-order valence-electron chi connectivity index (χ2n) is 5.38. The quantitative estimate of drug-likeness (QED) is 0.324. The van der Waals surface area contributed by atoms with Gasteiger partial charge in [0.1, 0.15) is 12.2 Å². The van der Waals surface area contributed by atoms with Crippen LogP contribution in [-0.4, -0.2) is 57.2 Å². The number of esters is 2. The summed E-state index contributed by atoms with van der Waals surface area (Å²) in [4.78, 5) is 22.7. The minimum atomic E-state index is -0.519. The van der Waals surface area contributed by atoms with E-state index in [0.29, 0.717) is 12.2 Å². The fourth-order valence-electron chi connectivity index (χ4n) is 2.72. The number of carbonyl (C=O) groups is 2. The van der Waals surface area contributed by atoms with Gasteiger partial charge in [-0.1, -0.05) is 6.58 Å². The summed E-state index contributed by atoms with van der Waals surface area (Å²) in [5.41, 5.74) is 0.591. The average Bonchev–Trinajstić information content (AvgIpc) is 2.57. The van der Waals surface area contributed by atoms with Crippen molar-refractivity contribution in [3.8, 4) is 0 Å². The zero-order valence-electron chi connectivity index (χ0n) is 13.4. The highest BCUT2D eigenvalue weighted by molar-refractivity contribution is 5.81. The van der Waals surface area contributed by atoms with E-state index in [1.807, 2.05) is 0 Å². The van der Waals surface area contributed by atoms with Crippen LogP contribution in [0.4, 0.5) is 0 Å². The van der Waals surface area contributed by atoms with E-state index in [4.69, 9.17) is 18.9 Å². The maximum absolute atomic E-state index is 11.5. The smallest absolute Gasteiger partial charge is 0.333 e. The van der Waals surface area contributed by atoms with Crippen LogP contribution in [0.3, 0.4) is 0 Å². The summed E-state index contributed by atoms with van der Waals surface area (Å²) < 4.78 is 26.5. The summed E-state index contributed by atoms with van der Waals surface area (Å²) in [6, 6.07) is 0. The molecule has 128 valence electrons. The van der Waals surface area contributed by atoms with Gasteiger partial charge in [0.15, 0.2) is 0 Å². The summed E-state index contributed by atoms with van der Waals surface area (Å²) in [6.45, 7) is 4.60. The molecule has 2 aliphatic heterocycles. The lowest BCUT2D eigenvalue weighted by atomic mass is 9.88. The second-order valence-corrected chi connectivity index (χ2v) is 5.38. The van der Waals surface area contributed by atoms with E-state index >= 15 is 0 Å². The lowest BCUT2D eigenvalue weighted by molar-refractivity contribution is -0.187. The monoisotopic (exact) mass is 326 g/mol. The van der Waals surface area contributed by atoms with E-state index < -0.39 is 18.2 Å². The molecule has 2 heterocycles. The molecule has 0 aliphatic carbocycles.